The maximum Gasteiger partial charge on any atom is 0.255 e. The molecule has 1 fully saturated rings. The van der Waals surface area contributed by atoms with Gasteiger partial charge in [-0.1, -0.05) is 25.0 Å². The van der Waals surface area contributed by atoms with E-state index in [1.807, 2.05) is 0 Å². The molecule has 5 nitrogen and oxygen atoms in total. The van der Waals surface area contributed by atoms with Crippen LogP contribution in [0.2, 0.25) is 0 Å². The molecular weight excluding hydrogens is 321 g/mol. The van der Waals surface area contributed by atoms with Crippen LogP contribution < -0.4 is 16.4 Å². The molecule has 0 bridgehead atoms. The summed E-state index contributed by atoms with van der Waals surface area (Å²) in [5.41, 5.74) is 6.54. The van der Waals surface area contributed by atoms with Gasteiger partial charge in [0.25, 0.3) is 5.91 Å². The van der Waals surface area contributed by atoms with E-state index in [0.717, 1.165) is 12.8 Å². The second kappa shape index (κ2) is 7.03. The zero-order chi connectivity index (χ0) is 17.9. The number of nitrogens with one attached hydrogen (secondary N) is 2. The molecule has 2 aromatic rings. The summed E-state index contributed by atoms with van der Waals surface area (Å²) in [6, 6.07) is 12.2. The van der Waals surface area contributed by atoms with Crippen LogP contribution >= 0.6 is 0 Å². The van der Waals surface area contributed by atoms with E-state index < -0.39 is 11.4 Å². The van der Waals surface area contributed by atoms with Gasteiger partial charge in [-0.25, -0.2) is 4.39 Å². The summed E-state index contributed by atoms with van der Waals surface area (Å²) >= 11 is 0. The van der Waals surface area contributed by atoms with E-state index in [-0.39, 0.29) is 11.8 Å². The van der Waals surface area contributed by atoms with Gasteiger partial charge < -0.3 is 16.4 Å². The van der Waals surface area contributed by atoms with E-state index in [1.54, 1.807) is 30.3 Å². The summed E-state index contributed by atoms with van der Waals surface area (Å²) in [6.45, 7) is 0. The quantitative estimate of drug-likeness (QED) is 0.798. The van der Waals surface area contributed by atoms with Crippen molar-refractivity contribution in [1.29, 1.82) is 0 Å². The van der Waals surface area contributed by atoms with Crippen LogP contribution in [-0.4, -0.2) is 17.4 Å². The smallest absolute Gasteiger partial charge is 0.255 e. The number of anilines is 2. The van der Waals surface area contributed by atoms with Crippen LogP contribution in [0.25, 0.3) is 0 Å². The highest BCUT2D eigenvalue weighted by Gasteiger charge is 2.36. The first-order valence-corrected chi connectivity index (χ1v) is 8.24. The van der Waals surface area contributed by atoms with Crippen LogP contribution in [0.4, 0.5) is 15.8 Å². The maximum atomic E-state index is 13.2. The molecule has 0 spiro atoms. The highest BCUT2D eigenvalue weighted by molar-refractivity contribution is 6.05. The van der Waals surface area contributed by atoms with E-state index in [2.05, 4.69) is 10.6 Å². The van der Waals surface area contributed by atoms with Gasteiger partial charge >= 0.3 is 0 Å². The third-order valence-corrected chi connectivity index (χ3v) is 4.41. The highest BCUT2D eigenvalue weighted by atomic mass is 19.1. The van der Waals surface area contributed by atoms with E-state index in [0.29, 0.717) is 29.8 Å². The lowest BCUT2D eigenvalue weighted by molar-refractivity contribution is -0.121. The van der Waals surface area contributed by atoms with Crippen LogP contribution in [0.1, 0.15) is 36.0 Å². The Balaban J connectivity index is 1.70. The number of rotatable bonds is 4. The lowest BCUT2D eigenvalue weighted by Gasteiger charge is -2.22. The molecule has 130 valence electrons. The Hall–Kier alpha value is -2.73. The highest BCUT2D eigenvalue weighted by Crippen LogP contribution is 2.28. The molecule has 1 aliphatic carbocycles. The van der Waals surface area contributed by atoms with Crippen molar-refractivity contribution in [3.05, 3.63) is 59.9 Å². The summed E-state index contributed by atoms with van der Waals surface area (Å²) in [7, 11) is 0. The van der Waals surface area contributed by atoms with Gasteiger partial charge in [-0.05, 0) is 49.2 Å². The molecule has 1 saturated carbocycles. The fraction of sp³-hybridized carbons (Fsp3) is 0.263. The minimum absolute atomic E-state index is 0.229. The Morgan fingerprint density at radius 3 is 2.28 bits per heavy atom. The normalized spacial score (nSPS) is 15.6. The van der Waals surface area contributed by atoms with Crippen molar-refractivity contribution in [2.45, 2.75) is 31.2 Å². The molecule has 0 aliphatic heterocycles. The largest absolute Gasteiger partial charge is 0.324 e. The number of carbonyl (C=O) groups excluding carboxylic acids is 2. The topological polar surface area (TPSA) is 84.2 Å². The van der Waals surface area contributed by atoms with E-state index in [1.165, 1.54) is 18.2 Å². The second-order valence-corrected chi connectivity index (χ2v) is 6.36. The lowest BCUT2D eigenvalue weighted by atomic mass is 9.98. The van der Waals surface area contributed by atoms with Crippen molar-refractivity contribution in [2.75, 3.05) is 10.6 Å². The first-order valence-electron chi connectivity index (χ1n) is 8.24. The third kappa shape index (κ3) is 4.03. The molecule has 0 unspecified atom stereocenters. The maximum absolute atomic E-state index is 13.2. The fourth-order valence-corrected chi connectivity index (χ4v) is 3.00. The number of hydrogen-bond acceptors (Lipinski definition) is 3. The first-order chi connectivity index (χ1) is 12.0. The Kier molecular flexibility index (Phi) is 4.81. The molecule has 2 aromatic carbocycles. The zero-order valence-corrected chi connectivity index (χ0v) is 13.7. The lowest BCUT2D eigenvalue weighted by Crippen LogP contribution is -2.48. The fourth-order valence-electron chi connectivity index (χ4n) is 3.00. The Bertz CT molecular complexity index is 801. The van der Waals surface area contributed by atoms with Gasteiger partial charge in [-0.3, -0.25) is 9.59 Å². The SMILES string of the molecule is NC1(C(=O)Nc2cccc(C(=O)Nc3cccc(F)c3)c2)CCCC1. The third-order valence-electron chi connectivity index (χ3n) is 4.41. The molecule has 4 N–H and O–H groups in total. The van der Waals surface area contributed by atoms with Gasteiger partial charge in [-0.2, -0.15) is 0 Å². The molecule has 0 aromatic heterocycles. The van der Waals surface area contributed by atoms with E-state index >= 15 is 0 Å². The Morgan fingerprint density at radius 1 is 0.960 bits per heavy atom. The van der Waals surface area contributed by atoms with Gasteiger partial charge in [0, 0.05) is 16.9 Å². The molecule has 6 heteroatoms. The monoisotopic (exact) mass is 341 g/mol. The Labute approximate surface area is 145 Å². The van der Waals surface area contributed by atoms with Gasteiger partial charge in [-0.15, -0.1) is 0 Å². The minimum atomic E-state index is -0.834. The van der Waals surface area contributed by atoms with Crippen LogP contribution in [0.5, 0.6) is 0 Å². The van der Waals surface area contributed by atoms with E-state index in [4.69, 9.17) is 5.73 Å². The molecular formula is C19H20FN3O2. The molecule has 0 saturated heterocycles. The van der Waals surface area contributed by atoms with Gasteiger partial charge in [0.2, 0.25) is 5.91 Å². The molecule has 0 radical (unpaired) electrons. The van der Waals surface area contributed by atoms with Crippen LogP contribution in [0, 0.1) is 5.82 Å². The van der Waals surface area contributed by atoms with Gasteiger partial charge in [0.15, 0.2) is 0 Å². The number of nitrogens with two attached hydrogens (primary N) is 1. The average Bonchev–Trinajstić information content (AvgIpc) is 3.03. The summed E-state index contributed by atoms with van der Waals surface area (Å²) in [4.78, 5) is 24.7. The van der Waals surface area contributed by atoms with Gasteiger partial charge in [0.05, 0.1) is 5.54 Å². The van der Waals surface area contributed by atoms with Crippen molar-refractivity contribution in [3.63, 3.8) is 0 Å². The molecule has 25 heavy (non-hydrogen) atoms. The molecule has 2 amide bonds. The predicted octanol–water partition coefficient (Wildman–Crippen LogP) is 3.29. The first kappa shape index (κ1) is 17.1. The van der Waals surface area contributed by atoms with Crippen molar-refractivity contribution in [2.24, 2.45) is 5.73 Å². The zero-order valence-electron chi connectivity index (χ0n) is 13.7. The van der Waals surface area contributed by atoms with Crippen molar-refractivity contribution >= 4 is 23.2 Å². The number of hydrogen-bond donors (Lipinski definition) is 3. The van der Waals surface area contributed by atoms with Crippen LogP contribution in [0.15, 0.2) is 48.5 Å². The number of benzene rings is 2. The van der Waals surface area contributed by atoms with Gasteiger partial charge in [0.1, 0.15) is 5.82 Å². The van der Waals surface area contributed by atoms with Crippen LogP contribution in [0.3, 0.4) is 0 Å². The standard InChI is InChI=1S/C19H20FN3O2/c20-14-6-4-8-16(12-14)22-17(24)13-5-3-7-15(11-13)23-18(25)19(21)9-1-2-10-19/h3-8,11-12H,1-2,9-10,21H2,(H,22,24)(H,23,25). The number of carbonyl (C=O) groups is 2. The van der Waals surface area contributed by atoms with Crippen molar-refractivity contribution < 1.29 is 14.0 Å². The summed E-state index contributed by atoms with van der Waals surface area (Å²) < 4.78 is 13.2. The van der Waals surface area contributed by atoms with Crippen molar-refractivity contribution in [1.82, 2.24) is 0 Å². The van der Waals surface area contributed by atoms with Crippen molar-refractivity contribution in [3.8, 4) is 0 Å². The number of halogens is 1. The average molecular weight is 341 g/mol. The van der Waals surface area contributed by atoms with E-state index in [9.17, 15) is 14.0 Å². The minimum Gasteiger partial charge on any atom is -0.324 e. The molecule has 0 atom stereocenters. The summed E-state index contributed by atoms with van der Waals surface area (Å²) in [5, 5.41) is 5.41. The summed E-state index contributed by atoms with van der Waals surface area (Å²) in [5.74, 6) is -1.04. The summed E-state index contributed by atoms with van der Waals surface area (Å²) in [6.07, 6.45) is 3.22. The molecule has 1 aliphatic rings. The van der Waals surface area contributed by atoms with Crippen LogP contribution in [-0.2, 0) is 4.79 Å². The predicted molar refractivity (Wildman–Crippen MR) is 94.8 cm³/mol. The molecule has 3 rings (SSSR count). The molecule has 0 heterocycles. The second-order valence-electron chi connectivity index (χ2n) is 6.36. The Morgan fingerprint density at radius 2 is 1.60 bits per heavy atom. The number of amides is 2.